The molecular formula is C33H60O4Si. The minimum atomic E-state index is -1.62. The highest BCUT2D eigenvalue weighted by Crippen LogP contribution is 2.37. The predicted molar refractivity (Wildman–Crippen MR) is 166 cm³/mol. The number of benzene rings is 1. The minimum absolute atomic E-state index is 0.0610. The number of ether oxygens (including phenoxy) is 2. The molecule has 0 heterocycles. The molecule has 38 heavy (non-hydrogen) atoms. The number of aliphatic hydroxyl groups excluding tert-OH is 1. The van der Waals surface area contributed by atoms with Crippen molar-refractivity contribution < 1.29 is 19.0 Å². The minimum Gasteiger partial charge on any atom is -0.497 e. The number of hydrogen-bond acceptors (Lipinski definition) is 4. The Labute approximate surface area is 236 Å². The Morgan fingerprint density at radius 1 is 0.816 bits per heavy atom. The molecule has 0 saturated carbocycles. The van der Waals surface area contributed by atoms with Gasteiger partial charge >= 0.3 is 0 Å². The molecule has 1 rings (SSSR count). The quantitative estimate of drug-likeness (QED) is 0.0890. The fourth-order valence-corrected chi connectivity index (χ4v) is 5.96. The molecule has 0 fully saturated rings. The average molecular weight is 549 g/mol. The number of hydrogen-bond donors (Lipinski definition) is 1. The number of rotatable bonds is 22. The van der Waals surface area contributed by atoms with Crippen LogP contribution in [0.25, 0.3) is 0 Å². The van der Waals surface area contributed by atoms with Crippen molar-refractivity contribution in [2.24, 2.45) is 0 Å². The van der Waals surface area contributed by atoms with Crippen LogP contribution in [0.2, 0.25) is 18.1 Å². The molecule has 220 valence electrons. The van der Waals surface area contributed by atoms with Crippen LogP contribution in [0, 0.1) is 0 Å². The zero-order valence-corrected chi connectivity index (χ0v) is 26.9. The van der Waals surface area contributed by atoms with Gasteiger partial charge in [0.05, 0.1) is 26.4 Å². The van der Waals surface area contributed by atoms with Crippen LogP contribution in [0.1, 0.15) is 117 Å². The average Bonchev–Trinajstić information content (AvgIpc) is 2.87. The molecule has 0 radical (unpaired) electrons. The lowest BCUT2D eigenvalue weighted by atomic mass is 10.0. The van der Waals surface area contributed by atoms with Crippen molar-refractivity contribution >= 4 is 8.32 Å². The maximum atomic E-state index is 9.15. The van der Waals surface area contributed by atoms with Crippen molar-refractivity contribution in [2.75, 3.05) is 13.7 Å². The van der Waals surface area contributed by atoms with Crippen molar-refractivity contribution in [3.63, 3.8) is 0 Å². The van der Waals surface area contributed by atoms with Gasteiger partial charge in [-0.2, -0.15) is 0 Å². The van der Waals surface area contributed by atoms with Crippen LogP contribution in [-0.4, -0.2) is 39.3 Å². The molecule has 1 N–H and O–H groups in total. The molecule has 0 unspecified atom stereocenters. The maximum Gasteiger partial charge on any atom is 0.192 e. The Bertz CT molecular complexity index is 724. The lowest BCUT2D eigenvalue weighted by Gasteiger charge is -2.38. The summed E-state index contributed by atoms with van der Waals surface area (Å²) in [6, 6.07) is 8.01. The Kier molecular flexibility index (Phi) is 18.2. The van der Waals surface area contributed by atoms with Gasteiger partial charge in [-0.05, 0) is 55.6 Å². The van der Waals surface area contributed by atoms with E-state index in [1.165, 1.54) is 77.0 Å². The molecule has 1 aromatic carbocycles. The fraction of sp³-hybridized carbons (Fsp3) is 0.758. The smallest absolute Gasteiger partial charge is 0.192 e. The van der Waals surface area contributed by atoms with Crippen LogP contribution >= 0.6 is 0 Å². The topological polar surface area (TPSA) is 47.9 Å². The molecule has 0 aromatic heterocycles. The van der Waals surface area contributed by atoms with E-state index in [1.54, 1.807) is 13.2 Å². The summed E-state index contributed by atoms with van der Waals surface area (Å²) in [4.78, 5) is 0. The van der Waals surface area contributed by atoms with E-state index in [4.69, 9.17) is 19.0 Å². The lowest BCUT2D eigenvalue weighted by Crippen LogP contribution is -2.43. The van der Waals surface area contributed by atoms with Crippen molar-refractivity contribution in [1.82, 2.24) is 0 Å². The Morgan fingerprint density at radius 3 is 1.79 bits per heavy atom. The highest BCUT2D eigenvalue weighted by atomic mass is 28.4. The van der Waals surface area contributed by atoms with E-state index in [1.807, 2.05) is 30.3 Å². The van der Waals surface area contributed by atoms with Gasteiger partial charge in [-0.3, -0.25) is 0 Å². The Morgan fingerprint density at radius 2 is 1.32 bits per heavy atom. The van der Waals surface area contributed by atoms with Crippen molar-refractivity contribution in [3.05, 3.63) is 42.0 Å². The molecule has 0 spiro atoms. The van der Waals surface area contributed by atoms with E-state index in [0.717, 1.165) is 17.7 Å². The van der Waals surface area contributed by atoms with Crippen LogP contribution in [0.15, 0.2) is 36.4 Å². The van der Waals surface area contributed by atoms with Gasteiger partial charge < -0.3 is 19.0 Å². The highest BCUT2D eigenvalue weighted by Gasteiger charge is 2.38. The molecule has 0 aliphatic rings. The third-order valence-electron chi connectivity index (χ3n) is 7.98. The van der Waals surface area contributed by atoms with Crippen LogP contribution < -0.4 is 4.74 Å². The third-order valence-corrected chi connectivity index (χ3v) is 12.6. The van der Waals surface area contributed by atoms with E-state index < -0.39 is 8.32 Å². The zero-order valence-electron chi connectivity index (χ0n) is 25.9. The van der Waals surface area contributed by atoms with Gasteiger partial charge in [0, 0.05) is 6.10 Å². The van der Waals surface area contributed by atoms with Crippen LogP contribution in [0.4, 0.5) is 0 Å². The summed E-state index contributed by atoms with van der Waals surface area (Å²) in [6.45, 7) is 14.6. The SMILES string of the molecule is COc1ccc(CO[C@@H](/C=C/CO)CCCCCCCCCCCCC[C@@H](C)O[Si](C)(C)C(C)(C)C)cc1. The van der Waals surface area contributed by atoms with Gasteiger partial charge in [0.2, 0.25) is 0 Å². The maximum absolute atomic E-state index is 9.15. The Hall–Kier alpha value is -1.14. The summed E-state index contributed by atoms with van der Waals surface area (Å²) < 4.78 is 17.8. The van der Waals surface area contributed by atoms with Crippen LogP contribution in [0.3, 0.4) is 0 Å². The highest BCUT2D eigenvalue weighted by molar-refractivity contribution is 6.74. The van der Waals surface area contributed by atoms with Crippen molar-refractivity contribution in [2.45, 2.75) is 148 Å². The summed E-state index contributed by atoms with van der Waals surface area (Å²) in [5.41, 5.74) is 1.14. The summed E-state index contributed by atoms with van der Waals surface area (Å²) in [5, 5.41) is 9.45. The second-order valence-electron chi connectivity index (χ2n) is 12.5. The summed E-state index contributed by atoms with van der Waals surface area (Å²) >= 11 is 0. The molecule has 0 aliphatic heterocycles. The molecule has 0 aliphatic carbocycles. The second-order valence-corrected chi connectivity index (χ2v) is 17.2. The second kappa shape index (κ2) is 19.8. The number of aliphatic hydroxyl groups is 1. The molecule has 1 aromatic rings. The van der Waals surface area contributed by atoms with Gasteiger partial charge in [-0.1, -0.05) is 116 Å². The first-order chi connectivity index (χ1) is 18.1. The normalized spacial score (nSPS) is 14.2. The fourth-order valence-electron chi connectivity index (χ4n) is 4.48. The van der Waals surface area contributed by atoms with E-state index in [9.17, 15) is 0 Å². The molecule has 0 saturated heterocycles. The van der Waals surface area contributed by atoms with Gasteiger partial charge in [-0.25, -0.2) is 0 Å². The summed E-state index contributed by atoms with van der Waals surface area (Å²) in [6.07, 6.45) is 21.0. The summed E-state index contributed by atoms with van der Waals surface area (Å²) in [5.74, 6) is 0.860. The first kappa shape index (κ1) is 34.9. The van der Waals surface area contributed by atoms with Crippen LogP contribution in [-0.2, 0) is 15.8 Å². The molecule has 5 heteroatoms. The third kappa shape index (κ3) is 16.1. The largest absolute Gasteiger partial charge is 0.497 e. The molecule has 4 nitrogen and oxygen atoms in total. The van der Waals surface area contributed by atoms with Gasteiger partial charge in [0.25, 0.3) is 0 Å². The molecule has 0 amide bonds. The van der Waals surface area contributed by atoms with Crippen molar-refractivity contribution in [3.8, 4) is 5.75 Å². The standard InChI is InChI=1S/C33H60O4Si/c1-29(37-38(6,7)33(2,3)4)20-17-15-13-11-9-8-10-12-14-16-18-21-32(22-19-27-34)36-28-30-23-25-31(35-5)26-24-30/h19,22-26,29,32,34H,8-18,20-21,27-28H2,1-7H3/b22-19+/t29-,32-/m1/s1. The monoisotopic (exact) mass is 548 g/mol. The zero-order chi connectivity index (χ0) is 28.3. The number of methoxy groups -OCH3 is 1. The molecule has 2 atom stereocenters. The van der Waals surface area contributed by atoms with E-state index in [0.29, 0.717) is 17.7 Å². The van der Waals surface area contributed by atoms with Gasteiger partial charge in [0.15, 0.2) is 8.32 Å². The van der Waals surface area contributed by atoms with Gasteiger partial charge in [0.1, 0.15) is 5.75 Å². The van der Waals surface area contributed by atoms with Crippen LogP contribution in [0.5, 0.6) is 5.75 Å². The molecule has 0 bridgehead atoms. The predicted octanol–water partition coefficient (Wildman–Crippen LogP) is 9.61. The number of unbranched alkanes of at least 4 members (excludes halogenated alkanes) is 10. The first-order valence-corrected chi connectivity index (χ1v) is 18.2. The Balaban J connectivity index is 2.03. The van der Waals surface area contributed by atoms with E-state index in [2.05, 4.69) is 40.8 Å². The lowest BCUT2D eigenvalue weighted by molar-refractivity contribution is 0.0643. The first-order valence-electron chi connectivity index (χ1n) is 15.3. The molecular weight excluding hydrogens is 488 g/mol. The van der Waals surface area contributed by atoms with Crippen molar-refractivity contribution in [1.29, 1.82) is 0 Å². The van der Waals surface area contributed by atoms with E-state index >= 15 is 0 Å². The summed E-state index contributed by atoms with van der Waals surface area (Å²) in [7, 11) is 0.0548. The van der Waals surface area contributed by atoms with E-state index in [-0.39, 0.29) is 12.7 Å². The van der Waals surface area contributed by atoms with Gasteiger partial charge in [-0.15, -0.1) is 0 Å².